The molecule has 0 aliphatic heterocycles. The second kappa shape index (κ2) is 4.95. The Balaban J connectivity index is 2.17. The molecule has 0 saturated heterocycles. The lowest BCUT2D eigenvalue weighted by molar-refractivity contribution is -0.121. The number of rotatable bonds is 4. The van der Waals surface area contributed by atoms with E-state index in [4.69, 9.17) is 0 Å². The van der Waals surface area contributed by atoms with Crippen LogP contribution in [0.25, 0.3) is 0 Å². The summed E-state index contributed by atoms with van der Waals surface area (Å²) in [5.74, 6) is 0.440. The first kappa shape index (κ1) is 11.0. The molecule has 0 spiro atoms. The van der Waals surface area contributed by atoms with Crippen molar-refractivity contribution in [2.45, 2.75) is 25.8 Å². The number of hydrogen-bond acceptors (Lipinski definition) is 3. The van der Waals surface area contributed by atoms with E-state index >= 15 is 0 Å². The molecular weight excluding hydrogens is 182 g/mol. The first-order valence-electron chi connectivity index (χ1n) is 4.89. The lowest BCUT2D eigenvalue weighted by Gasteiger charge is -2.12. The van der Waals surface area contributed by atoms with Crippen molar-refractivity contribution in [2.24, 2.45) is 5.92 Å². The molecule has 0 heterocycles. The molecule has 1 aliphatic carbocycles. The van der Waals surface area contributed by atoms with Gasteiger partial charge in [0, 0.05) is 7.05 Å². The van der Waals surface area contributed by atoms with Gasteiger partial charge in [0.15, 0.2) is 0 Å². The quantitative estimate of drug-likeness (QED) is 0.588. The maximum absolute atomic E-state index is 11.3. The van der Waals surface area contributed by atoms with Crippen LogP contribution in [0.3, 0.4) is 0 Å². The molecule has 3 N–H and O–H groups in total. The molecule has 5 heteroatoms. The topological polar surface area (TPSA) is 70.2 Å². The van der Waals surface area contributed by atoms with Crippen LogP contribution in [0.4, 0.5) is 4.79 Å². The standard InChI is InChI=1S/C9H17N3O2/c1-6(11-5-7-3-4-7)8(13)12-9(14)10-2/h6-7,11H,3-5H2,1-2H3,(H2,10,12,13,14). The Morgan fingerprint density at radius 1 is 1.43 bits per heavy atom. The highest BCUT2D eigenvalue weighted by Crippen LogP contribution is 2.27. The van der Waals surface area contributed by atoms with Crippen molar-refractivity contribution in [3.63, 3.8) is 0 Å². The van der Waals surface area contributed by atoms with Crippen LogP contribution in [-0.4, -0.2) is 31.6 Å². The Hall–Kier alpha value is -1.10. The Labute approximate surface area is 83.6 Å². The zero-order chi connectivity index (χ0) is 10.6. The van der Waals surface area contributed by atoms with Crippen LogP contribution < -0.4 is 16.0 Å². The predicted molar refractivity (Wildman–Crippen MR) is 52.8 cm³/mol. The smallest absolute Gasteiger partial charge is 0.321 e. The third-order valence-electron chi connectivity index (χ3n) is 2.27. The third kappa shape index (κ3) is 3.74. The van der Waals surface area contributed by atoms with Gasteiger partial charge in [0.05, 0.1) is 6.04 Å². The first-order chi connectivity index (χ1) is 6.63. The van der Waals surface area contributed by atoms with Crippen LogP contribution in [0.5, 0.6) is 0 Å². The normalized spacial score (nSPS) is 17.3. The van der Waals surface area contributed by atoms with E-state index in [1.807, 2.05) is 0 Å². The fourth-order valence-corrected chi connectivity index (χ4v) is 1.04. The molecule has 1 aliphatic rings. The molecule has 0 aromatic heterocycles. The number of urea groups is 1. The Morgan fingerprint density at radius 3 is 2.57 bits per heavy atom. The summed E-state index contributed by atoms with van der Waals surface area (Å²) < 4.78 is 0. The van der Waals surface area contributed by atoms with Gasteiger partial charge in [-0.2, -0.15) is 0 Å². The SMILES string of the molecule is CNC(=O)NC(=O)C(C)NCC1CC1. The zero-order valence-electron chi connectivity index (χ0n) is 8.59. The number of nitrogens with one attached hydrogen (secondary N) is 3. The van der Waals surface area contributed by atoms with E-state index in [0.29, 0.717) is 0 Å². The minimum absolute atomic E-state index is 0.287. The molecule has 0 radical (unpaired) electrons. The van der Waals surface area contributed by atoms with Crippen molar-refractivity contribution in [2.75, 3.05) is 13.6 Å². The largest absolute Gasteiger partial charge is 0.341 e. The van der Waals surface area contributed by atoms with Gasteiger partial charge in [-0.25, -0.2) is 4.79 Å². The molecule has 1 saturated carbocycles. The zero-order valence-corrected chi connectivity index (χ0v) is 8.59. The lowest BCUT2D eigenvalue weighted by atomic mass is 10.3. The highest BCUT2D eigenvalue weighted by molar-refractivity contribution is 5.96. The van der Waals surface area contributed by atoms with Crippen molar-refractivity contribution in [1.82, 2.24) is 16.0 Å². The van der Waals surface area contributed by atoms with Crippen LogP contribution in [0.15, 0.2) is 0 Å². The second-order valence-corrected chi connectivity index (χ2v) is 3.64. The van der Waals surface area contributed by atoms with E-state index in [1.54, 1.807) is 6.92 Å². The van der Waals surface area contributed by atoms with Gasteiger partial charge in [0.25, 0.3) is 0 Å². The van der Waals surface area contributed by atoms with E-state index in [-0.39, 0.29) is 11.9 Å². The van der Waals surface area contributed by atoms with E-state index in [2.05, 4.69) is 16.0 Å². The predicted octanol–water partition coefficient (Wildman–Crippen LogP) is -0.170. The number of carbonyl (C=O) groups excluding carboxylic acids is 2. The van der Waals surface area contributed by atoms with E-state index in [0.717, 1.165) is 12.5 Å². The molecule has 1 atom stereocenters. The minimum atomic E-state index is -0.463. The van der Waals surface area contributed by atoms with Crippen molar-refractivity contribution < 1.29 is 9.59 Å². The van der Waals surface area contributed by atoms with Gasteiger partial charge in [-0.05, 0) is 32.2 Å². The molecule has 80 valence electrons. The molecule has 0 aromatic rings. The van der Waals surface area contributed by atoms with Gasteiger partial charge in [-0.3, -0.25) is 10.1 Å². The average molecular weight is 199 g/mol. The van der Waals surface area contributed by atoms with Crippen LogP contribution in [0.2, 0.25) is 0 Å². The number of imide groups is 1. The number of amides is 3. The molecule has 3 amide bonds. The fourth-order valence-electron chi connectivity index (χ4n) is 1.04. The van der Waals surface area contributed by atoms with E-state index in [1.165, 1.54) is 19.9 Å². The van der Waals surface area contributed by atoms with Crippen molar-refractivity contribution in [3.05, 3.63) is 0 Å². The van der Waals surface area contributed by atoms with E-state index < -0.39 is 6.03 Å². The highest BCUT2D eigenvalue weighted by atomic mass is 16.2. The molecule has 0 aromatic carbocycles. The van der Waals surface area contributed by atoms with Crippen LogP contribution in [-0.2, 0) is 4.79 Å². The first-order valence-corrected chi connectivity index (χ1v) is 4.89. The lowest BCUT2D eigenvalue weighted by Crippen LogP contribution is -2.47. The maximum Gasteiger partial charge on any atom is 0.321 e. The van der Waals surface area contributed by atoms with Crippen LogP contribution in [0, 0.1) is 5.92 Å². The number of hydrogen-bond donors (Lipinski definition) is 3. The maximum atomic E-state index is 11.3. The minimum Gasteiger partial charge on any atom is -0.341 e. The summed E-state index contributed by atoms with van der Waals surface area (Å²) in [6.07, 6.45) is 2.49. The van der Waals surface area contributed by atoms with E-state index in [9.17, 15) is 9.59 Å². The summed E-state index contributed by atoms with van der Waals surface area (Å²) >= 11 is 0. The monoisotopic (exact) mass is 199 g/mol. The third-order valence-corrected chi connectivity index (χ3v) is 2.27. The Bertz CT molecular complexity index is 226. The molecular formula is C9H17N3O2. The summed E-state index contributed by atoms with van der Waals surface area (Å²) in [4.78, 5) is 22.1. The molecule has 1 fully saturated rings. The highest BCUT2D eigenvalue weighted by Gasteiger charge is 2.23. The van der Waals surface area contributed by atoms with Gasteiger partial charge in [0.2, 0.25) is 5.91 Å². The summed E-state index contributed by atoms with van der Waals surface area (Å²) in [7, 11) is 1.48. The van der Waals surface area contributed by atoms with Gasteiger partial charge >= 0.3 is 6.03 Å². The van der Waals surface area contributed by atoms with Gasteiger partial charge in [-0.1, -0.05) is 0 Å². The van der Waals surface area contributed by atoms with Gasteiger partial charge in [-0.15, -0.1) is 0 Å². The van der Waals surface area contributed by atoms with Crippen molar-refractivity contribution in [1.29, 1.82) is 0 Å². The summed E-state index contributed by atoms with van der Waals surface area (Å²) in [6, 6.07) is -0.775. The van der Waals surface area contributed by atoms with Gasteiger partial charge < -0.3 is 10.6 Å². The molecule has 1 rings (SSSR count). The average Bonchev–Trinajstić information content (AvgIpc) is 2.97. The fraction of sp³-hybridized carbons (Fsp3) is 0.778. The molecule has 14 heavy (non-hydrogen) atoms. The van der Waals surface area contributed by atoms with Crippen molar-refractivity contribution >= 4 is 11.9 Å². The van der Waals surface area contributed by atoms with Gasteiger partial charge in [0.1, 0.15) is 0 Å². The number of carbonyl (C=O) groups is 2. The summed E-state index contributed by atoms with van der Waals surface area (Å²) in [5.41, 5.74) is 0. The van der Waals surface area contributed by atoms with Crippen molar-refractivity contribution in [3.8, 4) is 0 Å². The Kier molecular flexibility index (Phi) is 3.88. The molecule has 5 nitrogen and oxygen atoms in total. The molecule has 1 unspecified atom stereocenters. The van der Waals surface area contributed by atoms with Crippen LogP contribution in [0.1, 0.15) is 19.8 Å². The summed E-state index contributed by atoms with van der Waals surface area (Å²) in [6.45, 7) is 2.61. The summed E-state index contributed by atoms with van der Waals surface area (Å²) in [5, 5.41) is 7.63. The van der Waals surface area contributed by atoms with Crippen LogP contribution >= 0.6 is 0 Å². The second-order valence-electron chi connectivity index (χ2n) is 3.64. The molecule has 0 bridgehead atoms. The Morgan fingerprint density at radius 2 is 2.07 bits per heavy atom.